The zero-order chi connectivity index (χ0) is 17.8. The number of benzene rings is 2. The molecule has 0 spiro atoms. The zero-order valence-corrected chi connectivity index (χ0v) is 15.1. The molecule has 0 saturated heterocycles. The van der Waals surface area contributed by atoms with Gasteiger partial charge >= 0.3 is 6.03 Å². The SMILES string of the molecule is CC(NC(=O)NCC1COc2ccccc2O1)c1ccc(Cl)cc1Cl. The quantitative estimate of drug-likeness (QED) is 0.835. The lowest BCUT2D eigenvalue weighted by atomic mass is 10.1. The molecule has 0 aliphatic carbocycles. The molecule has 2 aromatic rings. The molecule has 132 valence electrons. The average molecular weight is 381 g/mol. The number of hydrogen-bond donors (Lipinski definition) is 2. The Morgan fingerprint density at radius 2 is 2.00 bits per heavy atom. The molecule has 7 heteroatoms. The predicted octanol–water partition coefficient (Wildman–Crippen LogP) is 4.19. The van der Waals surface area contributed by atoms with Crippen LogP contribution in [0.25, 0.3) is 0 Å². The highest BCUT2D eigenvalue weighted by Crippen LogP contribution is 2.30. The second kappa shape index (κ2) is 7.85. The molecule has 3 rings (SSSR count). The standard InChI is InChI=1S/C18H18Cl2N2O3/c1-11(14-7-6-12(19)8-15(14)20)22-18(23)21-9-13-10-24-16-4-2-3-5-17(16)25-13/h2-8,11,13H,9-10H2,1H3,(H2,21,22,23). The second-order valence-corrected chi connectivity index (χ2v) is 6.58. The lowest BCUT2D eigenvalue weighted by Crippen LogP contribution is -2.45. The summed E-state index contributed by atoms with van der Waals surface area (Å²) in [6.45, 7) is 2.57. The smallest absolute Gasteiger partial charge is 0.315 e. The minimum absolute atomic E-state index is 0.241. The van der Waals surface area contributed by atoms with Crippen molar-refractivity contribution in [1.82, 2.24) is 10.6 Å². The van der Waals surface area contributed by atoms with Gasteiger partial charge in [0.1, 0.15) is 6.61 Å². The van der Waals surface area contributed by atoms with E-state index in [2.05, 4.69) is 10.6 Å². The van der Waals surface area contributed by atoms with Crippen molar-refractivity contribution in [2.75, 3.05) is 13.2 Å². The highest BCUT2D eigenvalue weighted by molar-refractivity contribution is 6.35. The molecule has 1 aliphatic heterocycles. The number of nitrogens with one attached hydrogen (secondary N) is 2. The van der Waals surface area contributed by atoms with Crippen molar-refractivity contribution in [1.29, 1.82) is 0 Å². The van der Waals surface area contributed by atoms with Crippen LogP contribution in [0.15, 0.2) is 42.5 Å². The number of carbonyl (C=O) groups excluding carboxylic acids is 1. The number of carbonyl (C=O) groups is 1. The van der Waals surface area contributed by atoms with Gasteiger partial charge in [0.2, 0.25) is 0 Å². The molecule has 5 nitrogen and oxygen atoms in total. The normalized spacial score (nSPS) is 16.8. The first-order valence-electron chi connectivity index (χ1n) is 7.90. The monoisotopic (exact) mass is 380 g/mol. The van der Waals surface area contributed by atoms with Crippen molar-refractivity contribution in [2.24, 2.45) is 0 Å². The number of ether oxygens (including phenoxy) is 2. The molecule has 2 atom stereocenters. The van der Waals surface area contributed by atoms with Crippen molar-refractivity contribution < 1.29 is 14.3 Å². The molecule has 2 amide bonds. The van der Waals surface area contributed by atoms with Gasteiger partial charge in [-0.25, -0.2) is 4.79 Å². The Kier molecular flexibility index (Phi) is 5.56. The predicted molar refractivity (Wildman–Crippen MR) is 97.8 cm³/mol. The number of halogens is 2. The van der Waals surface area contributed by atoms with Crippen LogP contribution in [0.5, 0.6) is 11.5 Å². The summed E-state index contributed by atoms with van der Waals surface area (Å²) in [5, 5.41) is 6.70. The van der Waals surface area contributed by atoms with E-state index in [0.29, 0.717) is 34.7 Å². The number of rotatable bonds is 4. The molecule has 0 bridgehead atoms. The van der Waals surface area contributed by atoms with Crippen LogP contribution in [0.4, 0.5) is 4.79 Å². The molecule has 2 N–H and O–H groups in total. The average Bonchev–Trinajstić information content (AvgIpc) is 2.59. The van der Waals surface area contributed by atoms with Crippen LogP contribution in [0.1, 0.15) is 18.5 Å². The summed E-state index contributed by atoms with van der Waals surface area (Å²) in [5.41, 5.74) is 0.799. The maximum Gasteiger partial charge on any atom is 0.315 e. The van der Waals surface area contributed by atoms with E-state index in [9.17, 15) is 4.79 Å². The topological polar surface area (TPSA) is 59.6 Å². The van der Waals surface area contributed by atoms with E-state index >= 15 is 0 Å². The minimum atomic E-state index is -0.305. The molecule has 1 aliphatic rings. The summed E-state index contributed by atoms with van der Waals surface area (Å²) in [6.07, 6.45) is -0.241. The Morgan fingerprint density at radius 1 is 1.24 bits per heavy atom. The van der Waals surface area contributed by atoms with Crippen molar-refractivity contribution in [3.63, 3.8) is 0 Å². The maximum absolute atomic E-state index is 12.1. The molecule has 2 aromatic carbocycles. The Balaban J connectivity index is 1.50. The zero-order valence-electron chi connectivity index (χ0n) is 13.6. The summed E-state index contributed by atoms with van der Waals surface area (Å²) in [6, 6.07) is 12.1. The highest BCUT2D eigenvalue weighted by atomic mass is 35.5. The number of fused-ring (bicyclic) bond motifs is 1. The Labute approximate surface area is 156 Å². The Bertz CT molecular complexity index is 770. The van der Waals surface area contributed by atoms with E-state index in [1.165, 1.54) is 0 Å². The largest absolute Gasteiger partial charge is 0.486 e. The van der Waals surface area contributed by atoms with Gasteiger partial charge in [0.05, 0.1) is 12.6 Å². The molecule has 0 radical (unpaired) electrons. The molecule has 25 heavy (non-hydrogen) atoms. The Hall–Kier alpha value is -2.11. The molecular weight excluding hydrogens is 363 g/mol. The highest BCUT2D eigenvalue weighted by Gasteiger charge is 2.21. The first-order valence-corrected chi connectivity index (χ1v) is 8.66. The summed E-state index contributed by atoms with van der Waals surface area (Å²) in [5.74, 6) is 1.40. The fourth-order valence-corrected chi connectivity index (χ4v) is 3.12. The van der Waals surface area contributed by atoms with Crippen molar-refractivity contribution >= 4 is 29.2 Å². The maximum atomic E-state index is 12.1. The fraction of sp³-hybridized carbons (Fsp3) is 0.278. The molecule has 0 fully saturated rings. The van der Waals surface area contributed by atoms with Gasteiger partial charge in [-0.1, -0.05) is 41.4 Å². The third-order valence-electron chi connectivity index (χ3n) is 3.83. The van der Waals surface area contributed by atoms with Crippen LogP contribution in [0.2, 0.25) is 10.0 Å². The van der Waals surface area contributed by atoms with Gasteiger partial charge in [0.15, 0.2) is 17.6 Å². The summed E-state index contributed by atoms with van der Waals surface area (Å²) >= 11 is 12.1. The van der Waals surface area contributed by atoms with E-state index in [4.69, 9.17) is 32.7 Å². The lowest BCUT2D eigenvalue weighted by molar-refractivity contribution is 0.0917. The summed E-state index contributed by atoms with van der Waals surface area (Å²) < 4.78 is 11.4. The van der Waals surface area contributed by atoms with Gasteiger partial charge in [-0.05, 0) is 36.8 Å². The van der Waals surface area contributed by atoms with Gasteiger partial charge in [-0.3, -0.25) is 0 Å². The van der Waals surface area contributed by atoms with Crippen molar-refractivity contribution in [3.05, 3.63) is 58.1 Å². The van der Waals surface area contributed by atoms with E-state index in [-0.39, 0.29) is 18.2 Å². The van der Waals surface area contributed by atoms with E-state index < -0.39 is 0 Å². The number of urea groups is 1. The van der Waals surface area contributed by atoms with Crippen LogP contribution in [0.3, 0.4) is 0 Å². The van der Waals surface area contributed by atoms with Crippen molar-refractivity contribution in [2.45, 2.75) is 19.1 Å². The van der Waals surface area contributed by atoms with Gasteiger partial charge in [-0.15, -0.1) is 0 Å². The van der Waals surface area contributed by atoms with Crippen LogP contribution < -0.4 is 20.1 Å². The lowest BCUT2D eigenvalue weighted by Gasteiger charge is -2.26. The third kappa shape index (κ3) is 4.50. The van der Waals surface area contributed by atoms with Crippen LogP contribution in [0, 0.1) is 0 Å². The first kappa shape index (κ1) is 17.7. The molecule has 0 saturated carbocycles. The first-order chi connectivity index (χ1) is 12.0. The fourth-order valence-electron chi connectivity index (χ4n) is 2.55. The third-order valence-corrected chi connectivity index (χ3v) is 4.40. The van der Waals surface area contributed by atoms with E-state index in [1.807, 2.05) is 31.2 Å². The molecule has 0 aromatic heterocycles. The number of para-hydroxylation sites is 2. The summed E-state index contributed by atoms with van der Waals surface area (Å²) in [4.78, 5) is 12.1. The number of amides is 2. The van der Waals surface area contributed by atoms with Gasteiger partial charge in [-0.2, -0.15) is 0 Å². The van der Waals surface area contributed by atoms with Gasteiger partial charge < -0.3 is 20.1 Å². The molecule has 1 heterocycles. The summed E-state index contributed by atoms with van der Waals surface area (Å²) in [7, 11) is 0. The van der Waals surface area contributed by atoms with Crippen LogP contribution in [-0.2, 0) is 0 Å². The van der Waals surface area contributed by atoms with Crippen LogP contribution >= 0.6 is 23.2 Å². The Morgan fingerprint density at radius 3 is 2.76 bits per heavy atom. The van der Waals surface area contributed by atoms with Crippen molar-refractivity contribution in [3.8, 4) is 11.5 Å². The minimum Gasteiger partial charge on any atom is -0.486 e. The van der Waals surface area contributed by atoms with E-state index in [0.717, 1.165) is 5.56 Å². The molecular formula is C18H18Cl2N2O3. The molecule has 2 unspecified atom stereocenters. The van der Waals surface area contributed by atoms with Gasteiger partial charge in [0, 0.05) is 10.0 Å². The number of hydrogen-bond acceptors (Lipinski definition) is 3. The van der Waals surface area contributed by atoms with E-state index in [1.54, 1.807) is 18.2 Å². The van der Waals surface area contributed by atoms with Gasteiger partial charge in [0.25, 0.3) is 0 Å². The van der Waals surface area contributed by atoms with Crippen LogP contribution in [-0.4, -0.2) is 25.3 Å². The second-order valence-electron chi connectivity index (χ2n) is 5.74.